The Balaban J connectivity index is 1.37. The quantitative estimate of drug-likeness (QED) is 0.389. The van der Waals surface area contributed by atoms with Crippen LogP contribution >= 0.6 is 0 Å². The first-order chi connectivity index (χ1) is 14.7. The van der Waals surface area contributed by atoms with E-state index < -0.39 is 0 Å². The molecule has 1 spiro atoms. The molecule has 0 aromatic carbocycles. The minimum Gasteiger partial charge on any atom is -0.381 e. The molecular formula is C30H50O. The zero-order valence-electron chi connectivity index (χ0n) is 21.6. The Morgan fingerprint density at radius 1 is 0.968 bits per heavy atom. The van der Waals surface area contributed by atoms with E-state index in [4.69, 9.17) is 4.74 Å². The summed E-state index contributed by atoms with van der Waals surface area (Å²) in [6.07, 6.45) is 18.7. The smallest absolute Gasteiger partial charge is 0.0638 e. The van der Waals surface area contributed by atoms with Gasteiger partial charge in [0, 0.05) is 12.5 Å². The molecule has 31 heavy (non-hydrogen) atoms. The molecule has 0 amide bonds. The van der Waals surface area contributed by atoms with Crippen LogP contribution in [0.25, 0.3) is 0 Å². The third kappa shape index (κ3) is 2.96. The van der Waals surface area contributed by atoms with Crippen molar-refractivity contribution in [3.05, 3.63) is 12.2 Å². The van der Waals surface area contributed by atoms with Crippen LogP contribution in [0.15, 0.2) is 12.2 Å². The fourth-order valence-electron chi connectivity index (χ4n) is 10.8. The Labute approximate surface area is 193 Å². The van der Waals surface area contributed by atoms with E-state index in [2.05, 4.69) is 53.7 Å². The number of hydrogen-bond acceptors (Lipinski definition) is 1. The highest BCUT2D eigenvalue weighted by molar-refractivity contribution is 5.26. The fourth-order valence-corrected chi connectivity index (χ4v) is 10.8. The van der Waals surface area contributed by atoms with Gasteiger partial charge in [-0.1, -0.05) is 53.7 Å². The van der Waals surface area contributed by atoms with E-state index in [9.17, 15) is 0 Å². The van der Waals surface area contributed by atoms with Crippen molar-refractivity contribution in [3.63, 3.8) is 0 Å². The van der Waals surface area contributed by atoms with Crippen LogP contribution in [-0.2, 0) is 4.74 Å². The SMILES string of the molecule is CCC(/C=C/[C@@H](C)[C@H]1CC[C@H]2[C@@H]3C[C@@H](OC)[C@]45C[C@@H]4CC[C@]5(C)[C@H]3CC[C@]12C)C(C)C. The van der Waals surface area contributed by atoms with Crippen LogP contribution in [0.2, 0.25) is 0 Å². The molecule has 1 nitrogen and oxygen atoms in total. The summed E-state index contributed by atoms with van der Waals surface area (Å²) in [5, 5.41) is 0. The number of rotatable bonds is 6. The van der Waals surface area contributed by atoms with Crippen molar-refractivity contribution < 1.29 is 4.74 Å². The highest BCUT2D eigenvalue weighted by Crippen LogP contribution is 2.82. The van der Waals surface area contributed by atoms with E-state index in [1.54, 1.807) is 0 Å². The molecule has 0 heterocycles. The second-order valence-electron chi connectivity index (χ2n) is 13.5. The molecule has 1 unspecified atom stereocenters. The van der Waals surface area contributed by atoms with Crippen LogP contribution in [0.4, 0.5) is 0 Å². The molecule has 5 rings (SSSR count). The molecule has 176 valence electrons. The van der Waals surface area contributed by atoms with Gasteiger partial charge < -0.3 is 4.74 Å². The predicted molar refractivity (Wildman–Crippen MR) is 131 cm³/mol. The van der Waals surface area contributed by atoms with Gasteiger partial charge in [0.25, 0.3) is 0 Å². The average Bonchev–Trinajstić information content (AvgIpc) is 3.24. The summed E-state index contributed by atoms with van der Waals surface area (Å²) >= 11 is 0. The van der Waals surface area contributed by atoms with Crippen molar-refractivity contribution >= 4 is 0 Å². The van der Waals surface area contributed by atoms with Crippen molar-refractivity contribution in [2.24, 2.45) is 63.6 Å². The zero-order valence-corrected chi connectivity index (χ0v) is 21.6. The largest absolute Gasteiger partial charge is 0.381 e. The molecule has 1 heteroatoms. The summed E-state index contributed by atoms with van der Waals surface area (Å²) in [5.41, 5.74) is 1.68. The van der Waals surface area contributed by atoms with Gasteiger partial charge in [-0.25, -0.2) is 0 Å². The van der Waals surface area contributed by atoms with Gasteiger partial charge in [0.2, 0.25) is 0 Å². The molecule has 0 radical (unpaired) electrons. The lowest BCUT2D eigenvalue weighted by atomic mass is 9.45. The minimum atomic E-state index is 0.543. The first-order valence-electron chi connectivity index (χ1n) is 13.9. The third-order valence-electron chi connectivity index (χ3n) is 12.5. The summed E-state index contributed by atoms with van der Waals surface area (Å²) < 4.78 is 6.31. The monoisotopic (exact) mass is 426 g/mol. The topological polar surface area (TPSA) is 9.23 Å². The van der Waals surface area contributed by atoms with Crippen LogP contribution in [0.5, 0.6) is 0 Å². The summed E-state index contributed by atoms with van der Waals surface area (Å²) in [4.78, 5) is 0. The van der Waals surface area contributed by atoms with Crippen LogP contribution in [0.3, 0.4) is 0 Å². The molecule has 5 aliphatic carbocycles. The van der Waals surface area contributed by atoms with Gasteiger partial charge in [0.1, 0.15) is 0 Å². The molecule has 5 aliphatic rings. The first kappa shape index (κ1) is 22.5. The number of methoxy groups -OCH3 is 1. The van der Waals surface area contributed by atoms with Crippen molar-refractivity contribution in [3.8, 4) is 0 Å². The second kappa shape index (κ2) is 7.61. The van der Waals surface area contributed by atoms with Gasteiger partial charge in [0.05, 0.1) is 6.10 Å². The Bertz CT molecular complexity index is 709. The highest BCUT2D eigenvalue weighted by atomic mass is 16.5. The summed E-state index contributed by atoms with van der Waals surface area (Å²) in [7, 11) is 2.03. The molecule has 5 fully saturated rings. The van der Waals surface area contributed by atoms with Gasteiger partial charge in [-0.15, -0.1) is 0 Å². The maximum atomic E-state index is 6.31. The number of hydrogen-bond donors (Lipinski definition) is 0. The average molecular weight is 427 g/mol. The lowest BCUT2D eigenvalue weighted by molar-refractivity contribution is -0.160. The van der Waals surface area contributed by atoms with Crippen molar-refractivity contribution in [1.29, 1.82) is 0 Å². The molecule has 11 atom stereocenters. The number of ether oxygens (including phenoxy) is 1. The lowest BCUT2D eigenvalue weighted by Crippen LogP contribution is -2.57. The third-order valence-corrected chi connectivity index (χ3v) is 12.5. The first-order valence-corrected chi connectivity index (χ1v) is 13.9. The van der Waals surface area contributed by atoms with E-state index in [0.717, 1.165) is 47.3 Å². The number of allylic oxidation sites excluding steroid dienone is 2. The van der Waals surface area contributed by atoms with Crippen LogP contribution in [-0.4, -0.2) is 13.2 Å². The van der Waals surface area contributed by atoms with Crippen LogP contribution in [0.1, 0.15) is 99.3 Å². The standard InChI is InChI=1S/C30H50O/c1-8-21(19(2)3)10-9-20(4)24-11-12-25-23-17-27(31-7)30-18-22(30)13-16-29(30,6)26(23)14-15-28(24,25)5/h9-10,19-27H,8,11-18H2,1-7H3/b10-9+/t20-,21?,22+,23+,24-,25+,26+,27-,28-,29-,30+/m1/s1. The molecule has 0 bridgehead atoms. The molecule has 0 N–H and O–H groups in total. The van der Waals surface area contributed by atoms with E-state index in [-0.39, 0.29) is 0 Å². The summed E-state index contributed by atoms with van der Waals surface area (Å²) in [6.45, 7) is 15.1. The summed E-state index contributed by atoms with van der Waals surface area (Å²) in [6, 6.07) is 0. The van der Waals surface area contributed by atoms with Crippen LogP contribution < -0.4 is 0 Å². The van der Waals surface area contributed by atoms with Gasteiger partial charge in [0.15, 0.2) is 0 Å². The molecule has 0 aromatic heterocycles. The Morgan fingerprint density at radius 3 is 2.39 bits per heavy atom. The maximum Gasteiger partial charge on any atom is 0.0638 e. The van der Waals surface area contributed by atoms with Gasteiger partial charge in [-0.2, -0.15) is 0 Å². The normalized spacial score (nSPS) is 52.5. The van der Waals surface area contributed by atoms with E-state index in [1.807, 2.05) is 7.11 Å². The Kier molecular flexibility index (Phi) is 5.52. The predicted octanol–water partition coefficient (Wildman–Crippen LogP) is 8.14. The van der Waals surface area contributed by atoms with Crippen molar-refractivity contribution in [1.82, 2.24) is 0 Å². The van der Waals surface area contributed by atoms with Crippen molar-refractivity contribution in [2.75, 3.05) is 7.11 Å². The van der Waals surface area contributed by atoms with E-state index >= 15 is 0 Å². The second-order valence-corrected chi connectivity index (χ2v) is 13.5. The van der Waals surface area contributed by atoms with E-state index in [0.29, 0.717) is 22.3 Å². The lowest BCUT2D eigenvalue weighted by Gasteiger charge is -2.61. The molecule has 5 saturated carbocycles. The maximum absolute atomic E-state index is 6.31. The zero-order chi connectivity index (χ0) is 22.2. The van der Waals surface area contributed by atoms with Crippen molar-refractivity contribution in [2.45, 2.75) is 105 Å². The van der Waals surface area contributed by atoms with E-state index in [1.165, 1.54) is 57.8 Å². The minimum absolute atomic E-state index is 0.543. The van der Waals surface area contributed by atoms with Gasteiger partial charge in [-0.3, -0.25) is 0 Å². The molecule has 0 aliphatic heterocycles. The fraction of sp³-hybridized carbons (Fsp3) is 0.933. The molecule has 0 aromatic rings. The Hall–Kier alpha value is -0.300. The van der Waals surface area contributed by atoms with Gasteiger partial charge >= 0.3 is 0 Å². The van der Waals surface area contributed by atoms with Gasteiger partial charge in [-0.05, 0) is 116 Å². The highest BCUT2D eigenvalue weighted by Gasteiger charge is 2.77. The summed E-state index contributed by atoms with van der Waals surface area (Å²) in [5.74, 6) is 6.92. The number of fused-ring (bicyclic) bond motifs is 4. The molecular weight excluding hydrogens is 376 g/mol. The molecule has 0 saturated heterocycles. The Morgan fingerprint density at radius 2 is 1.74 bits per heavy atom. The van der Waals surface area contributed by atoms with Crippen LogP contribution in [0, 0.1) is 63.6 Å².